The second-order valence-corrected chi connectivity index (χ2v) is 10.8. The Kier molecular flexibility index (Phi) is 6.34. The fraction of sp³-hybridized carbons (Fsp3) is 0.483. The van der Waals surface area contributed by atoms with Crippen molar-refractivity contribution in [1.82, 2.24) is 14.4 Å². The minimum Gasteiger partial charge on any atom is -0.497 e. The Balaban J connectivity index is 1.37. The van der Waals surface area contributed by atoms with Gasteiger partial charge >= 0.3 is 6.03 Å². The average molecular weight is 505 g/mol. The number of carbonyl (C=O) groups is 1. The van der Waals surface area contributed by atoms with Gasteiger partial charge in [-0.05, 0) is 48.6 Å². The predicted octanol–water partition coefficient (Wildman–Crippen LogP) is 3.75. The summed E-state index contributed by atoms with van der Waals surface area (Å²) in [5, 5.41) is 14.9. The molecule has 1 aromatic heterocycles. The number of rotatable bonds is 5. The van der Waals surface area contributed by atoms with Crippen LogP contribution < -0.4 is 10.1 Å². The first-order valence-electron chi connectivity index (χ1n) is 13.2. The summed E-state index contributed by atoms with van der Waals surface area (Å²) in [7, 11) is 3.78. The van der Waals surface area contributed by atoms with Gasteiger partial charge in [0.15, 0.2) is 0 Å². The van der Waals surface area contributed by atoms with Crippen LogP contribution in [-0.4, -0.2) is 78.6 Å². The van der Waals surface area contributed by atoms with E-state index in [0.717, 1.165) is 61.8 Å². The van der Waals surface area contributed by atoms with E-state index >= 15 is 0 Å². The zero-order valence-corrected chi connectivity index (χ0v) is 21.7. The molecule has 8 nitrogen and oxygen atoms in total. The monoisotopic (exact) mass is 504 g/mol. The third-order valence-electron chi connectivity index (χ3n) is 8.55. The molecule has 2 N–H and O–H groups in total. The summed E-state index contributed by atoms with van der Waals surface area (Å²) in [5.41, 5.74) is 4.15. The first-order valence-corrected chi connectivity index (χ1v) is 13.2. The van der Waals surface area contributed by atoms with Crippen molar-refractivity contribution in [2.75, 3.05) is 58.4 Å². The molecule has 0 aliphatic carbocycles. The molecule has 2 amide bonds. The third kappa shape index (κ3) is 4.17. The number of hydrogen-bond donors (Lipinski definition) is 2. The van der Waals surface area contributed by atoms with Gasteiger partial charge in [-0.3, -0.25) is 4.90 Å². The third-order valence-corrected chi connectivity index (χ3v) is 8.55. The molecule has 1 atom stereocenters. The van der Waals surface area contributed by atoms with Crippen LogP contribution >= 0.6 is 0 Å². The molecule has 0 unspecified atom stereocenters. The first-order chi connectivity index (χ1) is 18.0. The lowest BCUT2D eigenvalue weighted by molar-refractivity contribution is -0.00784. The van der Waals surface area contributed by atoms with Crippen LogP contribution in [0, 0.1) is 5.92 Å². The van der Waals surface area contributed by atoms with Crippen molar-refractivity contribution < 1.29 is 19.4 Å². The lowest BCUT2D eigenvalue weighted by Crippen LogP contribution is -2.68. The summed E-state index contributed by atoms with van der Waals surface area (Å²) >= 11 is 0. The van der Waals surface area contributed by atoms with E-state index in [1.54, 1.807) is 7.11 Å². The second kappa shape index (κ2) is 9.67. The maximum atomic E-state index is 13.1. The highest BCUT2D eigenvalue weighted by atomic mass is 16.5. The Hall–Kier alpha value is -3.07. The van der Waals surface area contributed by atoms with Crippen LogP contribution in [0.1, 0.15) is 30.1 Å². The summed E-state index contributed by atoms with van der Waals surface area (Å²) in [4.78, 5) is 17.5. The minimum absolute atomic E-state index is 0.0613. The van der Waals surface area contributed by atoms with Gasteiger partial charge in [0, 0.05) is 74.7 Å². The van der Waals surface area contributed by atoms with E-state index in [4.69, 9.17) is 9.47 Å². The van der Waals surface area contributed by atoms with Gasteiger partial charge in [-0.25, -0.2) is 4.79 Å². The lowest BCUT2D eigenvalue weighted by Gasteiger charge is -2.56. The number of aliphatic hydroxyl groups excluding tert-OH is 1. The van der Waals surface area contributed by atoms with Gasteiger partial charge in [0.25, 0.3) is 0 Å². The fourth-order valence-corrected chi connectivity index (χ4v) is 6.73. The predicted molar refractivity (Wildman–Crippen MR) is 143 cm³/mol. The number of fused-ring (bicyclic) bond motifs is 4. The molecule has 4 heterocycles. The van der Waals surface area contributed by atoms with Gasteiger partial charge in [-0.15, -0.1) is 0 Å². The number of para-hydroxylation sites is 1. The van der Waals surface area contributed by atoms with Crippen LogP contribution in [0.4, 0.5) is 10.5 Å². The lowest BCUT2D eigenvalue weighted by atomic mass is 9.68. The maximum Gasteiger partial charge on any atom is 0.321 e. The number of hydrogen-bond acceptors (Lipinski definition) is 5. The van der Waals surface area contributed by atoms with Gasteiger partial charge < -0.3 is 29.4 Å². The smallest absolute Gasteiger partial charge is 0.321 e. The number of amides is 2. The van der Waals surface area contributed by atoms with E-state index in [1.165, 1.54) is 10.9 Å². The van der Waals surface area contributed by atoms with Crippen LogP contribution in [0.15, 0.2) is 48.5 Å². The molecule has 3 aliphatic heterocycles. The van der Waals surface area contributed by atoms with Gasteiger partial charge in [0.05, 0.1) is 25.3 Å². The molecule has 1 spiro atoms. The number of methoxy groups -OCH3 is 1. The molecule has 2 saturated heterocycles. The number of likely N-dealkylation sites (tertiary alicyclic amines) is 1. The van der Waals surface area contributed by atoms with Crippen molar-refractivity contribution in [2.24, 2.45) is 13.0 Å². The minimum atomic E-state index is -0.186. The molecule has 6 rings (SSSR count). The van der Waals surface area contributed by atoms with E-state index in [2.05, 4.69) is 34.0 Å². The number of ether oxygens (including phenoxy) is 2. The quantitative estimate of drug-likeness (QED) is 0.553. The first kappa shape index (κ1) is 24.3. The molecule has 3 aromatic rings. The van der Waals surface area contributed by atoms with Crippen LogP contribution in [0.3, 0.4) is 0 Å². The zero-order chi connectivity index (χ0) is 25.6. The highest BCUT2D eigenvalue weighted by Gasteiger charge is 2.54. The molecule has 3 aliphatic rings. The molecule has 2 fully saturated rings. The Morgan fingerprint density at radius 2 is 1.89 bits per heavy atom. The van der Waals surface area contributed by atoms with Gasteiger partial charge in [-0.2, -0.15) is 0 Å². The van der Waals surface area contributed by atoms with Crippen molar-refractivity contribution in [3.63, 3.8) is 0 Å². The van der Waals surface area contributed by atoms with Crippen molar-refractivity contribution >= 4 is 22.6 Å². The number of aliphatic hydroxyl groups is 1. The molecular formula is C29H36N4O4. The Labute approximate surface area is 217 Å². The van der Waals surface area contributed by atoms with Crippen LogP contribution in [0.2, 0.25) is 0 Å². The van der Waals surface area contributed by atoms with E-state index in [9.17, 15) is 9.90 Å². The Bertz CT molecular complexity index is 1280. The highest BCUT2D eigenvalue weighted by Crippen LogP contribution is 2.50. The van der Waals surface area contributed by atoms with E-state index in [1.807, 2.05) is 41.3 Å². The summed E-state index contributed by atoms with van der Waals surface area (Å²) in [6.45, 7) is 4.71. The largest absolute Gasteiger partial charge is 0.497 e. The Morgan fingerprint density at radius 1 is 1.14 bits per heavy atom. The number of anilines is 1. The Morgan fingerprint density at radius 3 is 2.59 bits per heavy atom. The van der Waals surface area contributed by atoms with Crippen LogP contribution in [0.25, 0.3) is 10.9 Å². The topological polar surface area (TPSA) is 79.2 Å². The molecular weight excluding hydrogens is 468 g/mol. The van der Waals surface area contributed by atoms with Crippen molar-refractivity contribution in [1.29, 1.82) is 0 Å². The number of nitrogens with one attached hydrogen (secondary N) is 1. The maximum absolute atomic E-state index is 13.1. The molecule has 0 saturated carbocycles. The van der Waals surface area contributed by atoms with Crippen molar-refractivity contribution in [3.05, 3.63) is 59.8 Å². The number of nitrogens with zero attached hydrogens (tertiary/aromatic N) is 3. The molecule has 196 valence electrons. The molecule has 37 heavy (non-hydrogen) atoms. The fourth-order valence-electron chi connectivity index (χ4n) is 6.73. The summed E-state index contributed by atoms with van der Waals surface area (Å²) in [6.07, 6.45) is 2.10. The van der Waals surface area contributed by atoms with Crippen molar-refractivity contribution in [3.8, 4) is 5.75 Å². The summed E-state index contributed by atoms with van der Waals surface area (Å²) in [6, 6.07) is 15.7. The highest BCUT2D eigenvalue weighted by molar-refractivity contribution is 5.92. The molecule has 2 aromatic carbocycles. The van der Waals surface area contributed by atoms with Crippen molar-refractivity contribution in [2.45, 2.75) is 24.3 Å². The molecule has 8 heteroatoms. The summed E-state index contributed by atoms with van der Waals surface area (Å²) < 4.78 is 13.4. The van der Waals surface area contributed by atoms with E-state index in [0.29, 0.717) is 19.0 Å². The van der Waals surface area contributed by atoms with Crippen LogP contribution in [-0.2, 0) is 17.2 Å². The second-order valence-electron chi connectivity index (χ2n) is 10.8. The number of aryl methyl sites for hydroxylation is 1. The molecule has 0 radical (unpaired) electrons. The standard InChI is InChI=1S/C29H36N4O4/c1-31-24-14-22(36-2)8-9-23(24)26-27(31)25(16-34)32(15-20-10-12-37-13-11-20)17-29(26)18-33(19-29)28(35)30-21-6-4-3-5-7-21/h3-9,14,20,25,34H,10-13,15-19H2,1-2H3,(H,30,35)/t25-/m0/s1. The van der Waals surface area contributed by atoms with E-state index < -0.39 is 0 Å². The number of benzene rings is 2. The molecule has 0 bridgehead atoms. The number of aromatic nitrogens is 1. The normalized spacial score (nSPS) is 21.6. The number of carbonyl (C=O) groups excluding carboxylic acids is 1. The van der Waals surface area contributed by atoms with Gasteiger partial charge in [-0.1, -0.05) is 18.2 Å². The SMILES string of the molecule is COc1ccc2c3c(n(C)c2c1)[C@H](CO)N(CC1CCOCC1)CC31CN(C(=O)Nc2ccccc2)C1. The van der Waals surface area contributed by atoms with Gasteiger partial charge in [0.2, 0.25) is 0 Å². The summed E-state index contributed by atoms with van der Waals surface area (Å²) in [5.74, 6) is 1.37. The van der Waals surface area contributed by atoms with Crippen LogP contribution in [0.5, 0.6) is 5.75 Å². The van der Waals surface area contributed by atoms with E-state index in [-0.39, 0.29) is 24.1 Å². The number of urea groups is 1. The van der Waals surface area contributed by atoms with Gasteiger partial charge in [0.1, 0.15) is 5.75 Å². The average Bonchev–Trinajstić information content (AvgIpc) is 3.20. The zero-order valence-electron chi connectivity index (χ0n) is 21.7.